The highest BCUT2D eigenvalue weighted by atomic mass is 16.3. The standard InChI is InChI=1S/C13H15NO2/c1-9(15)7-14-8-12(10(2)16)11-5-3-4-6-13(11)14/h3-6,8-9,15H,7H2,1-2H3. The second kappa shape index (κ2) is 4.10. The Bertz CT molecular complexity index is 526. The van der Waals surface area contributed by atoms with E-state index in [0.29, 0.717) is 6.54 Å². The second-order valence-corrected chi connectivity index (χ2v) is 4.12. The Hall–Kier alpha value is -1.61. The molecule has 0 fully saturated rings. The van der Waals surface area contributed by atoms with Crippen LogP contribution in [0.3, 0.4) is 0 Å². The Morgan fingerprint density at radius 3 is 2.75 bits per heavy atom. The number of rotatable bonds is 3. The van der Waals surface area contributed by atoms with Crippen molar-refractivity contribution in [3.05, 3.63) is 36.0 Å². The zero-order valence-electron chi connectivity index (χ0n) is 9.47. The third kappa shape index (κ3) is 1.86. The van der Waals surface area contributed by atoms with Gasteiger partial charge in [0.1, 0.15) is 0 Å². The molecule has 1 atom stereocenters. The fourth-order valence-electron chi connectivity index (χ4n) is 1.96. The Kier molecular flexibility index (Phi) is 2.79. The Morgan fingerprint density at radius 2 is 2.12 bits per heavy atom. The number of para-hydroxylation sites is 1. The number of nitrogens with zero attached hydrogens (tertiary/aromatic N) is 1. The lowest BCUT2D eigenvalue weighted by Crippen LogP contribution is -2.10. The molecule has 0 radical (unpaired) electrons. The van der Waals surface area contributed by atoms with Gasteiger partial charge in [-0.3, -0.25) is 4.79 Å². The van der Waals surface area contributed by atoms with Crippen molar-refractivity contribution in [3.63, 3.8) is 0 Å². The maximum atomic E-state index is 11.5. The van der Waals surface area contributed by atoms with Crippen LogP contribution in [0.5, 0.6) is 0 Å². The van der Waals surface area contributed by atoms with Crippen molar-refractivity contribution in [1.82, 2.24) is 4.57 Å². The van der Waals surface area contributed by atoms with E-state index in [4.69, 9.17) is 0 Å². The SMILES string of the molecule is CC(=O)c1cn(CC(C)O)c2ccccc12. The third-order valence-electron chi connectivity index (χ3n) is 2.63. The Morgan fingerprint density at radius 1 is 1.44 bits per heavy atom. The molecule has 3 heteroatoms. The maximum Gasteiger partial charge on any atom is 0.161 e. The van der Waals surface area contributed by atoms with E-state index in [1.165, 1.54) is 0 Å². The Balaban J connectivity index is 2.62. The van der Waals surface area contributed by atoms with Gasteiger partial charge in [0.25, 0.3) is 0 Å². The first kappa shape index (κ1) is 10.9. The van der Waals surface area contributed by atoms with Crippen LogP contribution in [0.4, 0.5) is 0 Å². The lowest BCUT2D eigenvalue weighted by Gasteiger charge is -2.06. The predicted molar refractivity (Wildman–Crippen MR) is 63.6 cm³/mol. The number of fused-ring (bicyclic) bond motifs is 1. The molecule has 0 spiro atoms. The predicted octanol–water partition coefficient (Wildman–Crippen LogP) is 2.22. The average molecular weight is 217 g/mol. The number of Topliss-reactive ketones (excluding diaryl/α,β-unsaturated/α-hetero) is 1. The summed E-state index contributed by atoms with van der Waals surface area (Å²) < 4.78 is 1.93. The van der Waals surface area contributed by atoms with E-state index >= 15 is 0 Å². The first-order valence-corrected chi connectivity index (χ1v) is 5.36. The number of aliphatic hydroxyl groups is 1. The van der Waals surface area contributed by atoms with E-state index in [9.17, 15) is 9.90 Å². The molecule has 3 nitrogen and oxygen atoms in total. The zero-order chi connectivity index (χ0) is 11.7. The smallest absolute Gasteiger partial charge is 0.161 e. The van der Waals surface area contributed by atoms with E-state index in [1.807, 2.05) is 35.0 Å². The van der Waals surface area contributed by atoms with Crippen LogP contribution < -0.4 is 0 Å². The molecule has 1 unspecified atom stereocenters. The number of hydrogen-bond donors (Lipinski definition) is 1. The van der Waals surface area contributed by atoms with E-state index in [1.54, 1.807) is 13.8 Å². The molecule has 1 aromatic carbocycles. The van der Waals surface area contributed by atoms with Crippen LogP contribution in [0.2, 0.25) is 0 Å². The number of aliphatic hydroxyl groups excluding tert-OH is 1. The number of benzene rings is 1. The van der Waals surface area contributed by atoms with Crippen molar-refractivity contribution < 1.29 is 9.90 Å². The summed E-state index contributed by atoms with van der Waals surface area (Å²) in [7, 11) is 0. The number of carbonyl (C=O) groups is 1. The molecule has 0 aliphatic rings. The third-order valence-corrected chi connectivity index (χ3v) is 2.63. The Labute approximate surface area is 94.3 Å². The van der Waals surface area contributed by atoms with Gasteiger partial charge >= 0.3 is 0 Å². The highest BCUT2D eigenvalue weighted by Gasteiger charge is 2.11. The van der Waals surface area contributed by atoms with Gasteiger partial charge in [0.05, 0.1) is 6.10 Å². The molecule has 2 rings (SSSR count). The molecule has 0 aliphatic heterocycles. The topological polar surface area (TPSA) is 42.2 Å². The van der Waals surface area contributed by atoms with Gasteiger partial charge in [-0.05, 0) is 19.9 Å². The summed E-state index contributed by atoms with van der Waals surface area (Å²) in [5.74, 6) is 0.0561. The number of aromatic nitrogens is 1. The van der Waals surface area contributed by atoms with E-state index in [0.717, 1.165) is 16.5 Å². The van der Waals surface area contributed by atoms with Crippen LogP contribution in [0.15, 0.2) is 30.5 Å². The van der Waals surface area contributed by atoms with Gasteiger partial charge in [-0.2, -0.15) is 0 Å². The fourth-order valence-corrected chi connectivity index (χ4v) is 1.96. The molecule has 0 amide bonds. The van der Waals surface area contributed by atoms with Crippen LogP contribution in [0.25, 0.3) is 10.9 Å². The van der Waals surface area contributed by atoms with Crippen molar-refractivity contribution >= 4 is 16.7 Å². The molecule has 0 saturated carbocycles. The normalized spacial score (nSPS) is 12.9. The number of ketones is 1. The first-order valence-electron chi connectivity index (χ1n) is 5.36. The maximum absolute atomic E-state index is 11.5. The van der Waals surface area contributed by atoms with Crippen LogP contribution in [-0.4, -0.2) is 21.6 Å². The molecule has 16 heavy (non-hydrogen) atoms. The molecular weight excluding hydrogens is 202 g/mol. The summed E-state index contributed by atoms with van der Waals surface area (Å²) in [6, 6.07) is 7.75. The summed E-state index contributed by atoms with van der Waals surface area (Å²) in [6.45, 7) is 3.81. The molecule has 1 aromatic heterocycles. The summed E-state index contributed by atoms with van der Waals surface area (Å²) in [6.07, 6.45) is 1.40. The molecule has 0 bridgehead atoms. The van der Waals surface area contributed by atoms with Gasteiger partial charge < -0.3 is 9.67 Å². The van der Waals surface area contributed by atoms with Gasteiger partial charge in [-0.15, -0.1) is 0 Å². The average Bonchev–Trinajstić information content (AvgIpc) is 2.57. The van der Waals surface area contributed by atoms with Gasteiger partial charge in [-0.1, -0.05) is 18.2 Å². The number of carbonyl (C=O) groups excluding carboxylic acids is 1. The van der Waals surface area contributed by atoms with Gasteiger partial charge in [0, 0.05) is 29.2 Å². The second-order valence-electron chi connectivity index (χ2n) is 4.12. The first-order chi connectivity index (χ1) is 7.59. The van der Waals surface area contributed by atoms with Crippen molar-refractivity contribution in [2.75, 3.05) is 0 Å². The van der Waals surface area contributed by atoms with Crippen LogP contribution in [0, 0.1) is 0 Å². The van der Waals surface area contributed by atoms with Crippen LogP contribution >= 0.6 is 0 Å². The quantitative estimate of drug-likeness (QED) is 0.801. The summed E-state index contributed by atoms with van der Waals surface area (Å²) in [4.78, 5) is 11.5. The molecule has 84 valence electrons. The largest absolute Gasteiger partial charge is 0.392 e. The van der Waals surface area contributed by atoms with E-state index in [2.05, 4.69) is 0 Å². The lowest BCUT2D eigenvalue weighted by molar-refractivity contribution is 0.101. The minimum Gasteiger partial charge on any atom is -0.392 e. The zero-order valence-corrected chi connectivity index (χ0v) is 9.47. The molecule has 0 saturated heterocycles. The van der Waals surface area contributed by atoms with Gasteiger partial charge in [0.2, 0.25) is 0 Å². The molecule has 1 heterocycles. The highest BCUT2D eigenvalue weighted by Crippen LogP contribution is 2.21. The summed E-state index contributed by atoms with van der Waals surface area (Å²) in [5, 5.41) is 10.4. The van der Waals surface area contributed by atoms with Crippen LogP contribution in [0.1, 0.15) is 24.2 Å². The van der Waals surface area contributed by atoms with Crippen molar-refractivity contribution in [1.29, 1.82) is 0 Å². The van der Waals surface area contributed by atoms with Crippen LogP contribution in [-0.2, 0) is 6.54 Å². The lowest BCUT2D eigenvalue weighted by atomic mass is 10.1. The number of hydrogen-bond acceptors (Lipinski definition) is 2. The van der Waals surface area contributed by atoms with Crippen molar-refractivity contribution in [2.24, 2.45) is 0 Å². The van der Waals surface area contributed by atoms with Crippen molar-refractivity contribution in [2.45, 2.75) is 26.5 Å². The summed E-state index contributed by atoms with van der Waals surface area (Å²) >= 11 is 0. The highest BCUT2D eigenvalue weighted by molar-refractivity contribution is 6.06. The molecule has 2 aromatic rings. The van der Waals surface area contributed by atoms with Gasteiger partial charge in [-0.25, -0.2) is 0 Å². The van der Waals surface area contributed by atoms with E-state index < -0.39 is 6.10 Å². The van der Waals surface area contributed by atoms with Gasteiger partial charge in [0.15, 0.2) is 5.78 Å². The minimum absolute atomic E-state index is 0.0561. The van der Waals surface area contributed by atoms with Crippen molar-refractivity contribution in [3.8, 4) is 0 Å². The molecule has 0 aliphatic carbocycles. The molecule has 1 N–H and O–H groups in total. The molecular formula is C13H15NO2. The summed E-state index contributed by atoms with van der Waals surface area (Å²) in [5.41, 5.74) is 1.71. The monoisotopic (exact) mass is 217 g/mol. The van der Waals surface area contributed by atoms with E-state index in [-0.39, 0.29) is 5.78 Å². The fraction of sp³-hybridized carbons (Fsp3) is 0.308. The minimum atomic E-state index is -0.421.